The smallest absolute Gasteiger partial charge is 0.330 e. The zero-order valence-electron chi connectivity index (χ0n) is 12.2. The molecule has 2 atom stereocenters. The molecule has 1 aromatic carbocycles. The van der Waals surface area contributed by atoms with Crippen molar-refractivity contribution in [1.29, 1.82) is 0 Å². The van der Waals surface area contributed by atoms with Crippen LogP contribution in [0.3, 0.4) is 0 Å². The van der Waals surface area contributed by atoms with Crippen LogP contribution in [0.4, 0.5) is 5.69 Å². The quantitative estimate of drug-likeness (QED) is 0.175. The topological polar surface area (TPSA) is 121 Å². The van der Waals surface area contributed by atoms with Crippen LogP contribution in [0, 0.1) is 10.4 Å². The van der Waals surface area contributed by atoms with Gasteiger partial charge in [-0.25, -0.2) is 4.79 Å². The van der Waals surface area contributed by atoms with E-state index in [-0.39, 0.29) is 24.7 Å². The summed E-state index contributed by atoms with van der Waals surface area (Å²) in [6.45, 7) is 6.40. The third kappa shape index (κ3) is 7.35. The normalized spacial score (nSPS) is 12.8. The molecule has 0 fully saturated rings. The summed E-state index contributed by atoms with van der Waals surface area (Å²) < 4.78 is 4.70. The number of carbonyl (C=O) groups excluding carboxylic acids is 1. The van der Waals surface area contributed by atoms with Crippen LogP contribution in [0.1, 0.15) is 6.42 Å². The first-order valence-electron chi connectivity index (χ1n) is 6.48. The number of nitrogens with zero attached hydrogens (tertiary/aromatic N) is 1. The van der Waals surface area contributed by atoms with E-state index in [1.807, 2.05) is 0 Å². The standard InChI is InChI=1S/C13H17N3O7/c1-3-13(17)20-9-4-10-21-16(19)22-12-7-5-11(6-8-12)15(18)23-14-2/h3,5-8,15-16H,1-2,4,9-10H2. The Morgan fingerprint density at radius 1 is 1.26 bits per heavy atom. The second-order valence-corrected chi connectivity index (χ2v) is 3.96. The van der Waals surface area contributed by atoms with E-state index in [9.17, 15) is 15.2 Å². The fourth-order valence-corrected chi connectivity index (χ4v) is 1.34. The molecule has 23 heavy (non-hydrogen) atoms. The lowest BCUT2D eigenvalue weighted by Gasteiger charge is -2.18. The maximum atomic E-state index is 11.4. The van der Waals surface area contributed by atoms with Gasteiger partial charge in [0.1, 0.15) is 6.61 Å². The molecule has 0 aliphatic rings. The predicted molar refractivity (Wildman–Crippen MR) is 77.7 cm³/mol. The fraction of sp³-hybridized carbons (Fsp3) is 0.231. The molecule has 0 aliphatic carbocycles. The van der Waals surface area contributed by atoms with Gasteiger partial charge in [-0.05, 0) is 22.7 Å². The van der Waals surface area contributed by atoms with Crippen molar-refractivity contribution >= 4 is 18.4 Å². The highest BCUT2D eigenvalue weighted by Gasteiger charge is 2.07. The Morgan fingerprint density at radius 3 is 2.57 bits per heavy atom. The summed E-state index contributed by atoms with van der Waals surface area (Å²) in [5, 5.41) is 24.1. The maximum absolute atomic E-state index is 11.4. The number of oxime groups is 1. The van der Waals surface area contributed by atoms with Gasteiger partial charge >= 0.3 is 5.97 Å². The Bertz CT molecular complexity index is 509. The van der Waals surface area contributed by atoms with Crippen LogP contribution in [-0.4, -0.2) is 25.9 Å². The average molecular weight is 327 g/mol. The van der Waals surface area contributed by atoms with Crippen molar-refractivity contribution in [1.82, 2.24) is 0 Å². The molecule has 10 nitrogen and oxygen atoms in total. The van der Waals surface area contributed by atoms with Gasteiger partial charge in [0.25, 0.3) is 0 Å². The van der Waals surface area contributed by atoms with E-state index >= 15 is 0 Å². The van der Waals surface area contributed by atoms with Gasteiger partial charge in [0.05, 0.1) is 6.61 Å². The first-order valence-corrected chi connectivity index (χ1v) is 6.48. The van der Waals surface area contributed by atoms with Gasteiger partial charge in [0, 0.05) is 31.3 Å². The fourth-order valence-electron chi connectivity index (χ4n) is 1.34. The molecule has 0 aromatic heterocycles. The van der Waals surface area contributed by atoms with Crippen LogP contribution < -0.4 is 15.5 Å². The Kier molecular flexibility index (Phi) is 8.28. The largest absolute Gasteiger partial charge is 0.584 e. The van der Waals surface area contributed by atoms with Gasteiger partial charge in [0.15, 0.2) is 11.4 Å². The lowest BCUT2D eigenvalue weighted by Crippen LogP contribution is -3.08. The predicted octanol–water partition coefficient (Wildman–Crippen LogP) is -1.02. The summed E-state index contributed by atoms with van der Waals surface area (Å²) in [6.07, 6.45) is 1.37. The first-order chi connectivity index (χ1) is 11.1. The Labute approximate surface area is 132 Å². The van der Waals surface area contributed by atoms with Gasteiger partial charge in [-0.2, -0.15) is 9.78 Å². The van der Waals surface area contributed by atoms with Crippen LogP contribution >= 0.6 is 0 Å². The van der Waals surface area contributed by atoms with Crippen LogP contribution in [0.5, 0.6) is 5.75 Å². The second kappa shape index (κ2) is 10.3. The van der Waals surface area contributed by atoms with E-state index in [0.717, 1.165) is 6.08 Å². The molecule has 10 heteroatoms. The summed E-state index contributed by atoms with van der Waals surface area (Å²) in [5.41, 5.74) is 0.224. The van der Waals surface area contributed by atoms with E-state index in [4.69, 9.17) is 14.4 Å². The van der Waals surface area contributed by atoms with Gasteiger partial charge in [-0.15, -0.1) is 5.23 Å². The Morgan fingerprint density at radius 2 is 1.96 bits per heavy atom. The molecule has 0 spiro atoms. The Hall–Kier alpha value is -2.50. The number of esters is 1. The molecule has 2 unspecified atom stereocenters. The van der Waals surface area contributed by atoms with Crippen molar-refractivity contribution in [3.63, 3.8) is 0 Å². The lowest BCUT2D eigenvalue weighted by molar-refractivity contribution is -1.18. The molecule has 0 bridgehead atoms. The highest BCUT2D eigenvalue weighted by molar-refractivity contribution is 5.81. The van der Waals surface area contributed by atoms with Crippen LogP contribution in [0.25, 0.3) is 0 Å². The third-order valence-corrected chi connectivity index (χ3v) is 2.36. The van der Waals surface area contributed by atoms with Crippen LogP contribution in [-0.2, 0) is 19.3 Å². The van der Waals surface area contributed by atoms with Crippen molar-refractivity contribution in [3.05, 3.63) is 47.3 Å². The highest BCUT2D eigenvalue weighted by Crippen LogP contribution is 2.11. The van der Waals surface area contributed by atoms with Gasteiger partial charge in [-0.3, -0.25) is 4.84 Å². The number of quaternary nitrogens is 2. The maximum Gasteiger partial charge on any atom is 0.330 e. The zero-order valence-corrected chi connectivity index (χ0v) is 12.2. The molecule has 0 saturated carbocycles. The summed E-state index contributed by atoms with van der Waals surface area (Å²) in [7, 11) is 0. The molecule has 126 valence electrons. The lowest BCUT2D eigenvalue weighted by atomic mass is 10.3. The molecular formula is C13H17N3O7. The van der Waals surface area contributed by atoms with E-state index < -0.39 is 16.6 Å². The van der Waals surface area contributed by atoms with E-state index in [2.05, 4.69) is 23.4 Å². The number of hydrogen-bond acceptors (Lipinski definition) is 8. The number of ether oxygens (including phenoxy) is 1. The van der Waals surface area contributed by atoms with Crippen molar-refractivity contribution in [2.24, 2.45) is 5.16 Å². The van der Waals surface area contributed by atoms with E-state index in [1.165, 1.54) is 24.3 Å². The van der Waals surface area contributed by atoms with Gasteiger partial charge in [0.2, 0.25) is 0 Å². The zero-order chi connectivity index (χ0) is 17.1. The first kappa shape index (κ1) is 18.5. The molecule has 0 heterocycles. The molecule has 1 rings (SSSR count). The minimum atomic E-state index is -0.914. The third-order valence-electron chi connectivity index (χ3n) is 2.36. The molecule has 1 aromatic rings. The van der Waals surface area contributed by atoms with Crippen LogP contribution in [0.2, 0.25) is 0 Å². The summed E-state index contributed by atoms with van der Waals surface area (Å²) >= 11 is 0. The average Bonchev–Trinajstić information content (AvgIpc) is 2.55. The number of hydrogen-bond donors (Lipinski definition) is 2. The minimum Gasteiger partial charge on any atom is -0.584 e. The monoisotopic (exact) mass is 327 g/mol. The molecule has 0 aliphatic heterocycles. The number of carbonyl (C=O) groups is 1. The molecule has 0 radical (unpaired) electrons. The van der Waals surface area contributed by atoms with Gasteiger partial charge < -0.3 is 15.2 Å². The van der Waals surface area contributed by atoms with Crippen LogP contribution in [0.15, 0.2) is 42.1 Å². The minimum absolute atomic E-state index is 0.0265. The second-order valence-electron chi connectivity index (χ2n) is 3.96. The molecule has 0 saturated heterocycles. The summed E-state index contributed by atoms with van der Waals surface area (Å²) in [6, 6.07) is 5.58. The van der Waals surface area contributed by atoms with Crippen molar-refractivity contribution in [2.75, 3.05) is 13.2 Å². The summed E-state index contributed by atoms with van der Waals surface area (Å²) in [5.74, 6) is -0.353. The van der Waals surface area contributed by atoms with Crippen molar-refractivity contribution in [3.8, 4) is 5.75 Å². The van der Waals surface area contributed by atoms with E-state index in [0.29, 0.717) is 6.42 Å². The molecular weight excluding hydrogens is 310 g/mol. The van der Waals surface area contributed by atoms with Gasteiger partial charge in [-0.1, -0.05) is 6.58 Å². The Balaban J connectivity index is 2.28. The molecule has 0 amide bonds. The van der Waals surface area contributed by atoms with Crippen molar-refractivity contribution in [2.45, 2.75) is 6.42 Å². The number of benzene rings is 1. The summed E-state index contributed by atoms with van der Waals surface area (Å²) in [4.78, 5) is 24.8. The van der Waals surface area contributed by atoms with Crippen molar-refractivity contribution < 1.29 is 34.8 Å². The van der Waals surface area contributed by atoms with E-state index in [1.54, 1.807) is 0 Å². The highest BCUT2D eigenvalue weighted by atomic mass is 17.1. The number of nitrogens with one attached hydrogen (secondary N) is 2. The molecule has 2 N–H and O–H groups in total. The number of rotatable bonds is 11. The SMILES string of the molecule is C=CC(=O)OCCCO[NH+]([O-])Oc1ccc([NH+]([O-])ON=C)cc1.